The highest BCUT2D eigenvalue weighted by Gasteiger charge is 2.20. The van der Waals surface area contributed by atoms with E-state index in [0.29, 0.717) is 27.8 Å². The van der Waals surface area contributed by atoms with Gasteiger partial charge in [-0.25, -0.2) is 9.67 Å². The Labute approximate surface area is 189 Å². The molecule has 1 amide bonds. The van der Waals surface area contributed by atoms with Crippen molar-refractivity contribution in [1.82, 2.24) is 14.8 Å². The summed E-state index contributed by atoms with van der Waals surface area (Å²) >= 11 is 1.31. The third-order valence-electron chi connectivity index (χ3n) is 4.79. The summed E-state index contributed by atoms with van der Waals surface area (Å²) in [6.07, 6.45) is 0. The van der Waals surface area contributed by atoms with Crippen molar-refractivity contribution in [2.45, 2.75) is 19.9 Å². The van der Waals surface area contributed by atoms with Crippen LogP contribution in [-0.2, 0) is 0 Å². The van der Waals surface area contributed by atoms with Gasteiger partial charge in [-0.1, -0.05) is 53.8 Å². The number of aromatic nitrogens is 3. The number of nitrogens with one attached hydrogen (secondary N) is 1. The van der Waals surface area contributed by atoms with Crippen molar-refractivity contribution in [3.05, 3.63) is 82.6 Å². The van der Waals surface area contributed by atoms with E-state index in [1.807, 2.05) is 44.2 Å². The summed E-state index contributed by atoms with van der Waals surface area (Å²) in [6.45, 7) is 3.81. The summed E-state index contributed by atoms with van der Waals surface area (Å²) < 4.78 is 6.74. The minimum absolute atomic E-state index is 0.0831. The summed E-state index contributed by atoms with van der Waals surface area (Å²) in [4.78, 5) is 30.5. The van der Waals surface area contributed by atoms with Crippen LogP contribution in [0.25, 0.3) is 21.8 Å². The summed E-state index contributed by atoms with van der Waals surface area (Å²) in [7, 11) is 1.52. The molecule has 0 saturated carbocycles. The zero-order valence-electron chi connectivity index (χ0n) is 17.9. The summed E-state index contributed by atoms with van der Waals surface area (Å²) in [5.74, 6) is 0.165. The highest BCUT2D eigenvalue weighted by molar-refractivity contribution is 7.19. The zero-order valence-corrected chi connectivity index (χ0v) is 18.7. The first-order valence-electron chi connectivity index (χ1n) is 10.1. The van der Waals surface area contributed by atoms with E-state index >= 15 is 0 Å². The first-order chi connectivity index (χ1) is 15.5. The number of para-hydroxylation sites is 1. The van der Waals surface area contributed by atoms with E-state index in [1.54, 1.807) is 30.3 Å². The highest BCUT2D eigenvalue weighted by Crippen LogP contribution is 2.38. The fourth-order valence-electron chi connectivity index (χ4n) is 3.25. The summed E-state index contributed by atoms with van der Waals surface area (Å²) in [5.41, 5.74) is 2.44. The van der Waals surface area contributed by atoms with Gasteiger partial charge in [0.1, 0.15) is 11.4 Å². The fourth-order valence-corrected chi connectivity index (χ4v) is 4.20. The van der Waals surface area contributed by atoms with Crippen LogP contribution < -0.4 is 15.6 Å². The highest BCUT2D eigenvalue weighted by atomic mass is 32.1. The van der Waals surface area contributed by atoms with Gasteiger partial charge < -0.3 is 4.74 Å². The molecule has 2 heterocycles. The molecule has 0 unspecified atom stereocenters. The minimum Gasteiger partial charge on any atom is -0.496 e. The largest absolute Gasteiger partial charge is 0.496 e. The molecule has 8 heteroatoms. The van der Waals surface area contributed by atoms with Crippen LogP contribution in [0.1, 0.15) is 30.2 Å². The molecule has 0 radical (unpaired) electrons. The van der Waals surface area contributed by atoms with Gasteiger partial charge >= 0.3 is 0 Å². The van der Waals surface area contributed by atoms with Crippen LogP contribution in [0.2, 0.25) is 0 Å². The molecule has 0 atom stereocenters. The molecular weight excluding hydrogens is 424 g/mol. The third-order valence-corrected chi connectivity index (χ3v) is 5.79. The van der Waals surface area contributed by atoms with Crippen LogP contribution in [0.15, 0.2) is 71.5 Å². The number of carbonyl (C=O) groups is 1. The molecule has 0 aliphatic rings. The lowest BCUT2D eigenvalue weighted by Crippen LogP contribution is -2.23. The Kier molecular flexibility index (Phi) is 6.13. The average Bonchev–Trinajstić information content (AvgIpc) is 3.23. The van der Waals surface area contributed by atoms with E-state index in [9.17, 15) is 9.59 Å². The molecule has 0 bridgehead atoms. The topological polar surface area (TPSA) is 86.1 Å². The lowest BCUT2D eigenvalue weighted by molar-refractivity contribution is 0.102. The van der Waals surface area contributed by atoms with Crippen molar-refractivity contribution in [2.75, 3.05) is 12.4 Å². The molecule has 162 valence electrons. The second kappa shape index (κ2) is 9.15. The van der Waals surface area contributed by atoms with Crippen molar-refractivity contribution < 1.29 is 9.53 Å². The molecule has 0 fully saturated rings. The van der Waals surface area contributed by atoms with E-state index in [0.717, 1.165) is 10.4 Å². The van der Waals surface area contributed by atoms with Crippen LogP contribution in [0, 0.1) is 0 Å². The number of hydrogen-bond donors (Lipinski definition) is 1. The zero-order chi connectivity index (χ0) is 22.7. The predicted octanol–water partition coefficient (Wildman–Crippen LogP) is 4.88. The van der Waals surface area contributed by atoms with Gasteiger partial charge in [0.2, 0.25) is 0 Å². The molecule has 1 N–H and O–H groups in total. The number of amides is 1. The van der Waals surface area contributed by atoms with Crippen molar-refractivity contribution in [3.63, 3.8) is 0 Å². The molecule has 2 aromatic heterocycles. The molecule has 7 nitrogen and oxygen atoms in total. The Bertz CT molecular complexity index is 1310. The standard InChI is InChI=1S/C24H22N4O3S/c1-15(2)28-20(29)14-13-18(27-28)22-21(16-9-5-4-6-10-16)25-24(32-22)26-23(30)17-11-7-8-12-19(17)31-3/h4-15H,1-3H3,(H,25,26,30). The molecule has 0 saturated heterocycles. The van der Waals surface area contributed by atoms with E-state index in [4.69, 9.17) is 9.72 Å². The van der Waals surface area contributed by atoms with Gasteiger partial charge in [-0.2, -0.15) is 5.10 Å². The van der Waals surface area contributed by atoms with Gasteiger partial charge in [-0.15, -0.1) is 0 Å². The summed E-state index contributed by atoms with van der Waals surface area (Å²) in [6, 6.07) is 19.8. The van der Waals surface area contributed by atoms with E-state index in [-0.39, 0.29) is 17.5 Å². The van der Waals surface area contributed by atoms with Gasteiger partial charge in [0.15, 0.2) is 5.13 Å². The number of thiazole rings is 1. The number of anilines is 1. The second-order valence-corrected chi connectivity index (χ2v) is 8.31. The Hall–Kier alpha value is -3.78. The van der Waals surface area contributed by atoms with Gasteiger partial charge in [-0.3, -0.25) is 14.9 Å². The average molecular weight is 447 g/mol. The Morgan fingerprint density at radius 3 is 2.47 bits per heavy atom. The predicted molar refractivity (Wildman–Crippen MR) is 126 cm³/mol. The van der Waals surface area contributed by atoms with Crippen molar-refractivity contribution in [1.29, 1.82) is 0 Å². The Morgan fingerprint density at radius 2 is 1.75 bits per heavy atom. The smallest absolute Gasteiger partial charge is 0.267 e. The SMILES string of the molecule is COc1ccccc1C(=O)Nc1nc(-c2ccccc2)c(-c2ccc(=O)n(C(C)C)n2)s1. The summed E-state index contributed by atoms with van der Waals surface area (Å²) in [5, 5.41) is 7.85. The van der Waals surface area contributed by atoms with Crippen LogP contribution in [0.5, 0.6) is 5.75 Å². The van der Waals surface area contributed by atoms with Crippen molar-refractivity contribution >= 4 is 22.4 Å². The molecular formula is C24H22N4O3S. The van der Waals surface area contributed by atoms with Crippen LogP contribution in [0.4, 0.5) is 5.13 Å². The van der Waals surface area contributed by atoms with Crippen LogP contribution >= 0.6 is 11.3 Å². The van der Waals surface area contributed by atoms with E-state index in [1.165, 1.54) is 29.2 Å². The maximum Gasteiger partial charge on any atom is 0.267 e. The molecule has 4 aromatic rings. The normalized spacial score (nSPS) is 10.9. The number of carbonyl (C=O) groups excluding carboxylic acids is 1. The lowest BCUT2D eigenvalue weighted by atomic mass is 10.1. The van der Waals surface area contributed by atoms with Crippen molar-refractivity contribution in [2.24, 2.45) is 0 Å². The Balaban J connectivity index is 1.78. The number of benzene rings is 2. The van der Waals surface area contributed by atoms with Crippen molar-refractivity contribution in [3.8, 4) is 27.6 Å². The monoisotopic (exact) mass is 446 g/mol. The molecule has 4 rings (SSSR count). The van der Waals surface area contributed by atoms with Crippen LogP contribution in [0.3, 0.4) is 0 Å². The minimum atomic E-state index is -0.317. The van der Waals surface area contributed by atoms with E-state index in [2.05, 4.69) is 10.4 Å². The molecule has 2 aromatic carbocycles. The van der Waals surface area contributed by atoms with Gasteiger partial charge in [0.05, 0.1) is 29.3 Å². The first-order valence-corrected chi connectivity index (χ1v) is 10.9. The van der Waals surface area contributed by atoms with Crippen LogP contribution in [-0.4, -0.2) is 27.8 Å². The fraction of sp³-hybridized carbons (Fsp3) is 0.167. The number of hydrogen-bond acceptors (Lipinski definition) is 6. The van der Waals surface area contributed by atoms with Gasteiger partial charge in [0, 0.05) is 11.6 Å². The molecule has 0 aliphatic carbocycles. The number of nitrogens with zero attached hydrogens (tertiary/aromatic N) is 3. The molecule has 0 aliphatic heterocycles. The number of methoxy groups -OCH3 is 1. The van der Waals surface area contributed by atoms with E-state index < -0.39 is 0 Å². The maximum atomic E-state index is 12.9. The quantitative estimate of drug-likeness (QED) is 0.456. The molecule has 0 spiro atoms. The Morgan fingerprint density at radius 1 is 1.03 bits per heavy atom. The number of rotatable bonds is 6. The lowest BCUT2D eigenvalue weighted by Gasteiger charge is -2.09. The van der Waals surface area contributed by atoms with Gasteiger partial charge in [0.25, 0.3) is 11.5 Å². The molecule has 32 heavy (non-hydrogen) atoms. The third kappa shape index (κ3) is 4.31. The van der Waals surface area contributed by atoms with Gasteiger partial charge in [-0.05, 0) is 32.0 Å². The maximum absolute atomic E-state index is 12.9. The number of ether oxygens (including phenoxy) is 1. The first kappa shape index (κ1) is 21.5. The second-order valence-electron chi connectivity index (χ2n) is 7.31.